The number of nitrogens with zero attached hydrogens (tertiary/aromatic N) is 1. The molecule has 1 amide bonds. The topological polar surface area (TPSA) is 67.6 Å². The molecule has 0 bridgehead atoms. The van der Waals surface area contributed by atoms with Gasteiger partial charge in [-0.3, -0.25) is 4.90 Å². The third-order valence-corrected chi connectivity index (χ3v) is 4.72. The SMILES string of the molecule is COC(=O)NC1CCN(C(CN)c2sccc2C)C1. The second-order valence-corrected chi connectivity index (χ2v) is 5.78. The molecule has 0 aliphatic carbocycles. The van der Waals surface area contributed by atoms with Crippen molar-refractivity contribution in [1.29, 1.82) is 0 Å². The third kappa shape index (κ3) is 3.26. The Morgan fingerprint density at radius 1 is 1.74 bits per heavy atom. The number of hydrogen-bond acceptors (Lipinski definition) is 5. The van der Waals surface area contributed by atoms with Crippen molar-refractivity contribution in [1.82, 2.24) is 10.2 Å². The molecule has 106 valence electrons. The van der Waals surface area contributed by atoms with Gasteiger partial charge in [-0.15, -0.1) is 11.3 Å². The number of likely N-dealkylation sites (tertiary alicyclic amines) is 1. The number of carbonyl (C=O) groups is 1. The minimum atomic E-state index is -0.358. The predicted octanol–water partition coefficient (Wildman–Crippen LogP) is 1.49. The number of aryl methyl sites for hydroxylation is 1. The molecule has 6 heteroatoms. The Hall–Kier alpha value is -1.11. The molecule has 0 spiro atoms. The summed E-state index contributed by atoms with van der Waals surface area (Å²) in [4.78, 5) is 14.9. The smallest absolute Gasteiger partial charge is 0.407 e. The van der Waals surface area contributed by atoms with E-state index in [2.05, 4.69) is 33.3 Å². The van der Waals surface area contributed by atoms with E-state index in [4.69, 9.17) is 5.73 Å². The second-order valence-electron chi connectivity index (χ2n) is 4.84. The first-order valence-corrected chi connectivity index (χ1v) is 7.36. The van der Waals surface area contributed by atoms with Gasteiger partial charge in [-0.25, -0.2) is 4.79 Å². The molecule has 3 N–H and O–H groups in total. The van der Waals surface area contributed by atoms with Gasteiger partial charge in [-0.2, -0.15) is 0 Å². The van der Waals surface area contributed by atoms with Crippen LogP contribution in [0.5, 0.6) is 0 Å². The lowest BCUT2D eigenvalue weighted by Crippen LogP contribution is -2.39. The molecule has 0 radical (unpaired) electrons. The summed E-state index contributed by atoms with van der Waals surface area (Å²) in [5.74, 6) is 0. The van der Waals surface area contributed by atoms with Gasteiger partial charge in [0.2, 0.25) is 0 Å². The van der Waals surface area contributed by atoms with Gasteiger partial charge in [-0.1, -0.05) is 0 Å². The van der Waals surface area contributed by atoms with Crippen LogP contribution in [0.1, 0.15) is 22.9 Å². The molecule has 2 atom stereocenters. The minimum absolute atomic E-state index is 0.154. The summed E-state index contributed by atoms with van der Waals surface area (Å²) in [6.07, 6.45) is 0.583. The van der Waals surface area contributed by atoms with Gasteiger partial charge in [0.1, 0.15) is 0 Å². The first kappa shape index (κ1) is 14.3. The van der Waals surface area contributed by atoms with E-state index in [1.165, 1.54) is 17.6 Å². The summed E-state index contributed by atoms with van der Waals surface area (Å²) < 4.78 is 4.63. The third-order valence-electron chi connectivity index (χ3n) is 3.60. The summed E-state index contributed by atoms with van der Waals surface area (Å²) >= 11 is 1.76. The second kappa shape index (κ2) is 6.36. The zero-order chi connectivity index (χ0) is 13.8. The average Bonchev–Trinajstić information content (AvgIpc) is 3.01. The van der Waals surface area contributed by atoms with Gasteiger partial charge >= 0.3 is 6.09 Å². The van der Waals surface area contributed by atoms with Crippen molar-refractivity contribution >= 4 is 17.4 Å². The maximum absolute atomic E-state index is 11.2. The van der Waals surface area contributed by atoms with Gasteiger partial charge in [0.05, 0.1) is 13.2 Å². The van der Waals surface area contributed by atoms with Crippen LogP contribution >= 0.6 is 11.3 Å². The first-order valence-electron chi connectivity index (χ1n) is 6.48. The average molecular weight is 283 g/mol. The van der Waals surface area contributed by atoms with Crippen LogP contribution in [0.4, 0.5) is 4.79 Å². The molecular formula is C13H21N3O2S. The fourth-order valence-electron chi connectivity index (χ4n) is 2.56. The number of methoxy groups -OCH3 is 1. The van der Waals surface area contributed by atoms with Gasteiger partial charge in [0.15, 0.2) is 0 Å². The van der Waals surface area contributed by atoms with Crippen LogP contribution in [0, 0.1) is 6.92 Å². The van der Waals surface area contributed by atoms with E-state index in [1.54, 1.807) is 11.3 Å². The zero-order valence-corrected chi connectivity index (χ0v) is 12.2. The Morgan fingerprint density at radius 3 is 3.11 bits per heavy atom. The lowest BCUT2D eigenvalue weighted by atomic mass is 10.1. The number of alkyl carbamates (subject to hydrolysis) is 1. The minimum Gasteiger partial charge on any atom is -0.453 e. The molecule has 0 saturated carbocycles. The van der Waals surface area contributed by atoms with E-state index in [-0.39, 0.29) is 18.2 Å². The molecule has 2 rings (SSSR count). The van der Waals surface area contributed by atoms with Crippen molar-refractivity contribution < 1.29 is 9.53 Å². The quantitative estimate of drug-likeness (QED) is 0.878. The molecule has 0 aromatic carbocycles. The van der Waals surface area contributed by atoms with E-state index in [0.29, 0.717) is 6.54 Å². The van der Waals surface area contributed by atoms with E-state index < -0.39 is 0 Å². The molecule has 2 heterocycles. The Bertz CT molecular complexity index is 435. The van der Waals surface area contributed by atoms with Crippen molar-refractivity contribution in [3.8, 4) is 0 Å². The van der Waals surface area contributed by atoms with Gasteiger partial charge in [0, 0.05) is 30.6 Å². The molecule has 1 aromatic rings. The molecule has 1 aliphatic heterocycles. The highest BCUT2D eigenvalue weighted by Crippen LogP contribution is 2.30. The summed E-state index contributed by atoms with van der Waals surface area (Å²) in [7, 11) is 1.39. The number of hydrogen-bond donors (Lipinski definition) is 2. The molecule has 1 aliphatic rings. The molecule has 1 aromatic heterocycles. The van der Waals surface area contributed by atoms with Crippen LogP contribution < -0.4 is 11.1 Å². The highest BCUT2D eigenvalue weighted by molar-refractivity contribution is 7.10. The van der Waals surface area contributed by atoms with Crippen LogP contribution in [0.15, 0.2) is 11.4 Å². The van der Waals surface area contributed by atoms with Crippen molar-refractivity contribution in [2.75, 3.05) is 26.7 Å². The monoisotopic (exact) mass is 283 g/mol. The zero-order valence-electron chi connectivity index (χ0n) is 11.4. The van der Waals surface area contributed by atoms with Crippen LogP contribution in [0.3, 0.4) is 0 Å². The molecule has 5 nitrogen and oxygen atoms in total. The van der Waals surface area contributed by atoms with Crippen LogP contribution in [0.25, 0.3) is 0 Å². The fraction of sp³-hybridized carbons (Fsp3) is 0.615. The van der Waals surface area contributed by atoms with Crippen molar-refractivity contribution in [3.05, 3.63) is 21.9 Å². The molecule has 1 saturated heterocycles. The number of rotatable bonds is 4. The van der Waals surface area contributed by atoms with Gasteiger partial charge in [0.25, 0.3) is 0 Å². The van der Waals surface area contributed by atoms with Crippen molar-refractivity contribution in [2.24, 2.45) is 5.73 Å². The van der Waals surface area contributed by atoms with Crippen LogP contribution in [-0.4, -0.2) is 43.8 Å². The fourth-order valence-corrected chi connectivity index (χ4v) is 3.64. The number of carbonyl (C=O) groups excluding carboxylic acids is 1. The number of nitrogens with one attached hydrogen (secondary N) is 1. The number of nitrogens with two attached hydrogens (primary N) is 1. The van der Waals surface area contributed by atoms with Crippen molar-refractivity contribution in [3.63, 3.8) is 0 Å². The largest absolute Gasteiger partial charge is 0.453 e. The van der Waals surface area contributed by atoms with E-state index >= 15 is 0 Å². The summed E-state index contributed by atoms with van der Waals surface area (Å²) in [5.41, 5.74) is 7.23. The highest BCUT2D eigenvalue weighted by atomic mass is 32.1. The Labute approximate surface area is 117 Å². The Balaban J connectivity index is 1.99. The predicted molar refractivity (Wildman–Crippen MR) is 76.4 cm³/mol. The van der Waals surface area contributed by atoms with Gasteiger partial charge < -0.3 is 15.8 Å². The Kier molecular flexibility index (Phi) is 4.79. The Morgan fingerprint density at radius 2 is 2.53 bits per heavy atom. The lowest BCUT2D eigenvalue weighted by Gasteiger charge is -2.26. The summed E-state index contributed by atoms with van der Waals surface area (Å²) in [6.45, 7) is 4.50. The van der Waals surface area contributed by atoms with Crippen molar-refractivity contribution in [2.45, 2.75) is 25.4 Å². The maximum Gasteiger partial charge on any atom is 0.407 e. The van der Waals surface area contributed by atoms with E-state index in [0.717, 1.165) is 19.5 Å². The molecule has 19 heavy (non-hydrogen) atoms. The number of thiophene rings is 1. The highest BCUT2D eigenvalue weighted by Gasteiger charge is 2.30. The van der Waals surface area contributed by atoms with Gasteiger partial charge in [-0.05, 0) is 30.4 Å². The summed E-state index contributed by atoms with van der Waals surface area (Å²) in [5, 5.41) is 4.96. The number of amides is 1. The maximum atomic E-state index is 11.2. The van der Waals surface area contributed by atoms with Crippen LogP contribution in [-0.2, 0) is 4.74 Å². The molecule has 1 fully saturated rings. The number of ether oxygens (including phenoxy) is 1. The van der Waals surface area contributed by atoms with Crippen LogP contribution in [0.2, 0.25) is 0 Å². The normalized spacial score (nSPS) is 21.3. The molecule has 2 unspecified atom stereocenters. The van der Waals surface area contributed by atoms with E-state index in [9.17, 15) is 4.79 Å². The standard InChI is InChI=1S/C13H21N3O2S/c1-9-4-6-19-12(9)11(7-14)16-5-3-10(8-16)15-13(17)18-2/h4,6,10-11H,3,5,7-8,14H2,1-2H3,(H,15,17). The summed E-state index contributed by atoms with van der Waals surface area (Å²) in [6, 6.07) is 2.54. The van der Waals surface area contributed by atoms with E-state index in [1.807, 2.05) is 0 Å². The lowest BCUT2D eigenvalue weighted by molar-refractivity contribution is 0.165. The molecular weight excluding hydrogens is 262 g/mol. The first-order chi connectivity index (χ1) is 9.15.